The number of nitrogens with two attached hydrogens (primary N) is 1. The Morgan fingerprint density at radius 2 is 0.853 bits per heavy atom. The molecular formula is C56H49N9O3. The van der Waals surface area contributed by atoms with Crippen LogP contribution in [-0.4, -0.2) is 72.4 Å². The minimum Gasteiger partial charge on any atom is -0.478 e. The van der Waals surface area contributed by atoms with Gasteiger partial charge in [0.05, 0.1) is 18.0 Å². The number of carboxylic acids is 1. The summed E-state index contributed by atoms with van der Waals surface area (Å²) in [4.78, 5) is 38.0. The van der Waals surface area contributed by atoms with Gasteiger partial charge in [-0.2, -0.15) is 10.2 Å². The molecule has 12 heteroatoms. The molecule has 12 rings (SSSR count). The van der Waals surface area contributed by atoms with Crippen LogP contribution >= 0.6 is 0 Å². The quantitative estimate of drug-likeness (QED) is 0.152. The van der Waals surface area contributed by atoms with Gasteiger partial charge in [0.1, 0.15) is 0 Å². The van der Waals surface area contributed by atoms with Crippen LogP contribution in [0.1, 0.15) is 59.2 Å². The summed E-state index contributed by atoms with van der Waals surface area (Å²) >= 11 is 0. The number of fused-ring (bicyclic) bond motifs is 4. The lowest BCUT2D eigenvalue weighted by molar-refractivity contribution is 0.0698. The number of hydrogen-bond acceptors (Lipinski definition) is 8. The van der Waals surface area contributed by atoms with Crippen LogP contribution in [0.15, 0.2) is 159 Å². The summed E-state index contributed by atoms with van der Waals surface area (Å²) in [6.45, 7) is 4.53. The number of benzene rings is 6. The van der Waals surface area contributed by atoms with Crippen LogP contribution < -0.4 is 15.5 Å². The molecule has 2 aliphatic heterocycles. The molecule has 0 aliphatic carbocycles. The van der Waals surface area contributed by atoms with E-state index in [9.17, 15) is 14.7 Å². The van der Waals surface area contributed by atoms with Crippen LogP contribution in [-0.2, 0) is 0 Å². The van der Waals surface area contributed by atoms with Crippen LogP contribution in [0.4, 0.5) is 11.4 Å². The lowest BCUT2D eigenvalue weighted by atomic mass is 9.96. The zero-order chi connectivity index (χ0) is 46.1. The number of rotatable bonds is 8. The fourth-order valence-electron chi connectivity index (χ4n) is 9.93. The Hall–Kier alpha value is -8.38. The highest BCUT2D eigenvalue weighted by Crippen LogP contribution is 2.36. The number of anilines is 2. The maximum Gasteiger partial charge on any atom is 0.336 e. The lowest BCUT2D eigenvalue weighted by Crippen LogP contribution is -2.29. The summed E-state index contributed by atoms with van der Waals surface area (Å²) < 4.78 is 3.61. The molecule has 4 aromatic heterocycles. The minimum absolute atomic E-state index is 0.291. The molecule has 2 fully saturated rings. The topological polar surface area (TPSA) is 147 Å². The van der Waals surface area contributed by atoms with Crippen LogP contribution in [0.2, 0.25) is 0 Å². The SMILES string of the molecule is NC(=O)c1ccc(-c2cnn3cc(-c4ccc(N5CCCCC5)cc4)cnc23)c2ccccc12.O=C(O)c1ccc(-c2cnn3cc(-c4ccc(N5CCCCC5)cc4)cnc23)c2ccccc12. The van der Waals surface area contributed by atoms with Gasteiger partial charge >= 0.3 is 5.97 Å². The predicted molar refractivity (Wildman–Crippen MR) is 270 cm³/mol. The van der Waals surface area contributed by atoms with Gasteiger partial charge in [0.25, 0.3) is 0 Å². The molecular weight excluding hydrogens is 847 g/mol. The Morgan fingerprint density at radius 1 is 0.441 bits per heavy atom. The largest absolute Gasteiger partial charge is 0.478 e. The van der Waals surface area contributed by atoms with E-state index in [2.05, 4.69) is 68.5 Å². The average molecular weight is 896 g/mol. The standard InChI is InChI=1S/C28H25N5O.C28H24N4O2/c29-27(34)25-13-12-24(22-6-2-3-7-23(22)25)26-17-31-33-18-20(16-30-28(26)33)19-8-10-21(11-9-19)32-14-4-1-5-15-32;33-28(34)25-13-12-24(22-6-2-3-7-23(22)25)26-17-30-32-18-20(16-29-27(26)32)19-8-10-21(11-9-19)31-14-4-1-5-15-31/h2-3,6-13,16-18H,1,4-5,14-15H2,(H2,29,34);2-3,6-13,16-18H,1,4-5,14-15H2,(H,33,34). The molecule has 2 aliphatic rings. The monoisotopic (exact) mass is 895 g/mol. The van der Waals surface area contributed by atoms with Crippen LogP contribution in [0.25, 0.3) is 77.3 Å². The third-order valence-electron chi connectivity index (χ3n) is 13.5. The van der Waals surface area contributed by atoms with Gasteiger partial charge in [-0.1, -0.05) is 84.9 Å². The van der Waals surface area contributed by atoms with Crippen molar-refractivity contribution in [3.63, 3.8) is 0 Å². The van der Waals surface area contributed by atoms with E-state index in [0.29, 0.717) is 16.5 Å². The lowest BCUT2D eigenvalue weighted by Gasteiger charge is -2.28. The molecule has 336 valence electrons. The van der Waals surface area contributed by atoms with Gasteiger partial charge in [-0.25, -0.2) is 23.8 Å². The third-order valence-corrected chi connectivity index (χ3v) is 13.5. The average Bonchev–Trinajstić information content (AvgIpc) is 4.03. The number of nitrogens with zero attached hydrogens (tertiary/aromatic N) is 8. The highest BCUT2D eigenvalue weighted by molar-refractivity contribution is 6.11. The fraction of sp³-hybridized carbons (Fsp3) is 0.179. The first-order valence-electron chi connectivity index (χ1n) is 23.3. The summed E-state index contributed by atoms with van der Waals surface area (Å²) in [5, 5.41) is 22.1. The van der Waals surface area contributed by atoms with E-state index in [1.165, 1.54) is 49.9 Å². The Balaban J connectivity index is 0.000000149. The first kappa shape index (κ1) is 42.3. The van der Waals surface area contributed by atoms with Crippen molar-refractivity contribution in [3.05, 3.63) is 170 Å². The molecule has 10 aromatic rings. The van der Waals surface area contributed by atoms with Crippen molar-refractivity contribution in [3.8, 4) is 44.5 Å². The number of carbonyl (C=O) groups is 2. The minimum atomic E-state index is -0.934. The number of amides is 1. The van der Waals surface area contributed by atoms with Crippen molar-refractivity contribution < 1.29 is 14.7 Å². The van der Waals surface area contributed by atoms with E-state index in [-0.39, 0.29) is 0 Å². The van der Waals surface area contributed by atoms with Gasteiger partial charge in [0.2, 0.25) is 5.91 Å². The van der Waals surface area contributed by atoms with E-state index in [4.69, 9.17) is 15.7 Å². The number of carboxylic acid groups (broad SMARTS) is 1. The van der Waals surface area contributed by atoms with Crippen molar-refractivity contribution in [2.24, 2.45) is 5.73 Å². The van der Waals surface area contributed by atoms with Gasteiger partial charge in [-0.3, -0.25) is 4.79 Å². The van der Waals surface area contributed by atoms with Crippen molar-refractivity contribution in [2.75, 3.05) is 36.0 Å². The molecule has 6 aromatic carbocycles. The summed E-state index contributed by atoms with van der Waals surface area (Å²) in [6, 6.07) is 40.0. The number of aromatic carboxylic acids is 1. The molecule has 0 saturated carbocycles. The second-order valence-corrected chi connectivity index (χ2v) is 17.6. The normalized spacial score (nSPS) is 14.1. The van der Waals surface area contributed by atoms with Gasteiger partial charge in [0, 0.05) is 90.2 Å². The van der Waals surface area contributed by atoms with Gasteiger partial charge in [-0.15, -0.1) is 0 Å². The number of hydrogen-bond donors (Lipinski definition) is 2. The fourth-order valence-corrected chi connectivity index (χ4v) is 9.93. The maximum atomic E-state index is 11.9. The Bertz CT molecular complexity index is 3260. The molecule has 0 spiro atoms. The molecule has 3 N–H and O–H groups in total. The van der Waals surface area contributed by atoms with E-state index in [1.807, 2.05) is 96.2 Å². The third kappa shape index (κ3) is 8.04. The van der Waals surface area contributed by atoms with E-state index < -0.39 is 11.9 Å². The molecule has 0 unspecified atom stereocenters. The van der Waals surface area contributed by atoms with Crippen molar-refractivity contribution in [2.45, 2.75) is 38.5 Å². The molecule has 68 heavy (non-hydrogen) atoms. The summed E-state index contributed by atoms with van der Waals surface area (Å²) in [5.41, 5.74) is 18.4. The van der Waals surface area contributed by atoms with Crippen LogP contribution in [0.5, 0.6) is 0 Å². The van der Waals surface area contributed by atoms with Crippen molar-refractivity contribution >= 4 is 56.1 Å². The zero-order valence-electron chi connectivity index (χ0n) is 37.5. The van der Waals surface area contributed by atoms with E-state index >= 15 is 0 Å². The molecule has 0 radical (unpaired) electrons. The zero-order valence-corrected chi connectivity index (χ0v) is 37.5. The Kier molecular flexibility index (Phi) is 11.3. The van der Waals surface area contributed by atoms with E-state index in [0.717, 1.165) is 98.1 Å². The van der Waals surface area contributed by atoms with Gasteiger partial charge < -0.3 is 20.6 Å². The Labute approximate surface area is 392 Å². The van der Waals surface area contributed by atoms with Gasteiger partial charge in [-0.05, 0) is 119 Å². The number of carbonyl (C=O) groups excluding carboxylic acids is 1. The van der Waals surface area contributed by atoms with Crippen molar-refractivity contribution in [1.82, 2.24) is 29.2 Å². The second kappa shape index (κ2) is 18.1. The summed E-state index contributed by atoms with van der Waals surface area (Å²) in [5.74, 6) is -1.37. The maximum absolute atomic E-state index is 11.9. The summed E-state index contributed by atoms with van der Waals surface area (Å²) in [6.07, 6.45) is 19.1. The first-order chi connectivity index (χ1) is 33.4. The molecule has 6 heterocycles. The van der Waals surface area contributed by atoms with Crippen molar-refractivity contribution in [1.29, 1.82) is 0 Å². The smallest absolute Gasteiger partial charge is 0.336 e. The molecule has 1 amide bonds. The van der Waals surface area contributed by atoms with E-state index in [1.54, 1.807) is 22.8 Å². The Morgan fingerprint density at radius 3 is 1.28 bits per heavy atom. The molecule has 0 bridgehead atoms. The molecule has 2 saturated heterocycles. The van der Waals surface area contributed by atoms with Crippen LogP contribution in [0, 0.1) is 0 Å². The highest BCUT2D eigenvalue weighted by atomic mass is 16.4. The highest BCUT2D eigenvalue weighted by Gasteiger charge is 2.19. The summed E-state index contributed by atoms with van der Waals surface area (Å²) in [7, 11) is 0. The van der Waals surface area contributed by atoms with Crippen LogP contribution in [0.3, 0.4) is 0 Å². The second-order valence-electron chi connectivity index (χ2n) is 17.6. The number of piperidine rings is 2. The predicted octanol–water partition coefficient (Wildman–Crippen LogP) is 11.2. The number of aromatic nitrogens is 6. The van der Waals surface area contributed by atoms with Gasteiger partial charge in [0.15, 0.2) is 11.3 Å². The number of primary amides is 1. The molecule has 12 nitrogen and oxygen atoms in total. The first-order valence-corrected chi connectivity index (χ1v) is 23.3. The molecule has 0 atom stereocenters.